The second-order valence-corrected chi connectivity index (χ2v) is 18.4. The Labute approximate surface area is 226 Å². The van der Waals surface area contributed by atoms with Gasteiger partial charge in [-0.3, -0.25) is 14.4 Å². The van der Waals surface area contributed by atoms with E-state index in [0.717, 1.165) is 22.9 Å². The number of carbonyl (C=O) groups excluding carboxylic acids is 2. The van der Waals surface area contributed by atoms with Gasteiger partial charge in [0.05, 0.1) is 12.3 Å². The molecule has 2 aromatic rings. The third-order valence-electron chi connectivity index (χ3n) is 10.1. The molecule has 0 radical (unpaired) electrons. The maximum absolute atomic E-state index is 13.8. The van der Waals surface area contributed by atoms with Gasteiger partial charge < -0.3 is 19.6 Å². The predicted molar refractivity (Wildman–Crippen MR) is 154 cm³/mol. The van der Waals surface area contributed by atoms with Crippen LogP contribution in [-0.4, -0.2) is 37.3 Å². The number of anilines is 1. The molecule has 8 heteroatoms. The number of nitrogens with zero attached hydrogens (tertiary/aromatic N) is 2. The number of fused-ring (bicyclic) bond motifs is 1. The zero-order chi connectivity index (χ0) is 27.6. The summed E-state index contributed by atoms with van der Waals surface area (Å²) >= 11 is 0. The summed E-state index contributed by atoms with van der Waals surface area (Å²) in [5.41, 5.74) is 6.29. The zero-order valence-electron chi connectivity index (χ0n) is 23.7. The summed E-state index contributed by atoms with van der Waals surface area (Å²) in [7, 11) is -2.15. The summed E-state index contributed by atoms with van der Waals surface area (Å²) in [6.07, 6.45) is 7.81. The van der Waals surface area contributed by atoms with Crippen LogP contribution >= 0.6 is 0 Å². The summed E-state index contributed by atoms with van der Waals surface area (Å²) in [4.78, 5) is 41.5. The lowest BCUT2D eigenvalue weighted by atomic mass is 9.53. The van der Waals surface area contributed by atoms with Gasteiger partial charge in [-0.1, -0.05) is 26.8 Å². The molecule has 1 atom stereocenters. The molecule has 0 saturated heterocycles. The van der Waals surface area contributed by atoms with Crippen molar-refractivity contribution >= 4 is 36.6 Å². The van der Waals surface area contributed by atoms with Gasteiger partial charge in [-0.15, -0.1) is 0 Å². The Kier molecular flexibility index (Phi) is 6.87. The Morgan fingerprint density at radius 1 is 1.05 bits per heavy atom. The average molecular weight is 538 g/mol. The second-order valence-electron chi connectivity index (χ2n) is 13.6. The van der Waals surface area contributed by atoms with E-state index >= 15 is 0 Å². The fourth-order valence-electron chi connectivity index (χ4n) is 7.39. The maximum Gasteiger partial charge on any atom is 0.259 e. The van der Waals surface area contributed by atoms with Crippen molar-refractivity contribution in [2.24, 2.45) is 29.4 Å². The van der Waals surface area contributed by atoms with E-state index in [1.54, 1.807) is 19.2 Å². The van der Waals surface area contributed by atoms with Crippen LogP contribution in [-0.2, 0) is 14.0 Å². The van der Waals surface area contributed by atoms with Crippen molar-refractivity contribution in [3.05, 3.63) is 40.8 Å². The van der Waals surface area contributed by atoms with Crippen LogP contribution in [0.5, 0.6) is 0 Å². The highest BCUT2D eigenvalue weighted by Crippen LogP contribution is 2.56. The minimum absolute atomic E-state index is 0.0249. The van der Waals surface area contributed by atoms with E-state index in [-0.39, 0.29) is 29.2 Å². The first-order valence-corrected chi connectivity index (χ1v) is 17.1. The maximum atomic E-state index is 13.8. The molecule has 4 aliphatic carbocycles. The van der Waals surface area contributed by atoms with Gasteiger partial charge in [-0.05, 0) is 92.1 Å². The Bertz CT molecular complexity index is 1280. The van der Waals surface area contributed by atoms with E-state index in [9.17, 15) is 14.4 Å². The van der Waals surface area contributed by atoms with Crippen LogP contribution in [0.4, 0.5) is 5.69 Å². The van der Waals surface area contributed by atoms with Crippen LogP contribution in [0.25, 0.3) is 10.8 Å². The summed E-state index contributed by atoms with van der Waals surface area (Å²) in [6.45, 7) is 12.3. The van der Waals surface area contributed by atoms with Gasteiger partial charge >= 0.3 is 0 Å². The molecule has 4 fully saturated rings. The Hall–Kier alpha value is -2.45. The zero-order valence-corrected chi connectivity index (χ0v) is 24.7. The predicted octanol–water partition coefficient (Wildman–Crippen LogP) is 5.23. The molecular weight excluding hydrogens is 494 g/mol. The Balaban J connectivity index is 1.52. The van der Waals surface area contributed by atoms with Crippen LogP contribution in [0.15, 0.2) is 35.3 Å². The fourth-order valence-corrected chi connectivity index (χ4v) is 8.40. The molecule has 4 aliphatic rings. The number of primary amides is 1. The lowest BCUT2D eigenvalue weighted by molar-refractivity contribution is -0.122. The van der Waals surface area contributed by atoms with Gasteiger partial charge in [0.25, 0.3) is 5.56 Å². The largest absolute Gasteiger partial charge is 0.414 e. The number of pyridine rings is 1. The second kappa shape index (κ2) is 9.63. The Morgan fingerprint density at radius 3 is 2.18 bits per heavy atom. The molecule has 6 rings (SSSR count). The van der Waals surface area contributed by atoms with Gasteiger partial charge in [0.1, 0.15) is 6.04 Å². The standard InChI is InChI=1S/C30H43N3O4Si/c1-18(34)33(27-21-13-19-12-20(15-21)16-22(27)14-19)25-9-7-8-24-23(25)10-11-32(29(24)36)26(28(31)35)17-37-38(5,6)30(2,3)4/h7-11,19-22,26-27H,12-17H2,1-6H3,(H2,31,35). The molecule has 2 N–H and O–H groups in total. The SMILES string of the molecule is CC(=O)N(c1cccc2c(=O)n(C(CO[Si](C)(C)C(C)(C)C)C(N)=O)ccc12)C1C2CC3CC(C2)CC1C3. The van der Waals surface area contributed by atoms with E-state index in [1.165, 1.54) is 36.7 Å². The number of nitrogens with two attached hydrogens (primary N) is 1. The van der Waals surface area contributed by atoms with Crippen molar-refractivity contribution in [2.75, 3.05) is 11.5 Å². The quantitative estimate of drug-likeness (QED) is 0.490. The van der Waals surface area contributed by atoms with E-state index in [2.05, 4.69) is 33.9 Å². The van der Waals surface area contributed by atoms with E-state index in [4.69, 9.17) is 10.2 Å². The number of benzene rings is 1. The highest BCUT2D eigenvalue weighted by molar-refractivity contribution is 6.74. The van der Waals surface area contributed by atoms with Crippen molar-refractivity contribution in [3.63, 3.8) is 0 Å². The molecule has 1 unspecified atom stereocenters. The number of hydrogen-bond acceptors (Lipinski definition) is 4. The van der Waals surface area contributed by atoms with Crippen molar-refractivity contribution in [2.45, 2.75) is 90.0 Å². The lowest BCUT2D eigenvalue weighted by Crippen LogP contribution is -2.57. The number of hydrogen-bond donors (Lipinski definition) is 1. The van der Waals surface area contributed by atoms with Crippen LogP contribution in [0.1, 0.15) is 65.8 Å². The van der Waals surface area contributed by atoms with Gasteiger partial charge in [0.15, 0.2) is 8.32 Å². The van der Waals surface area contributed by atoms with Crippen molar-refractivity contribution in [3.8, 4) is 0 Å². The normalized spacial score (nSPS) is 27.5. The third kappa shape index (κ3) is 4.64. The monoisotopic (exact) mass is 537 g/mol. The number of amides is 2. The smallest absolute Gasteiger partial charge is 0.259 e. The van der Waals surface area contributed by atoms with Gasteiger partial charge in [0.2, 0.25) is 11.8 Å². The molecule has 206 valence electrons. The first-order valence-electron chi connectivity index (χ1n) is 14.2. The molecule has 38 heavy (non-hydrogen) atoms. The summed E-state index contributed by atoms with van der Waals surface area (Å²) in [5, 5.41) is 1.19. The van der Waals surface area contributed by atoms with Crippen LogP contribution in [0.3, 0.4) is 0 Å². The number of carbonyl (C=O) groups is 2. The molecule has 2 amide bonds. The van der Waals surface area contributed by atoms with Crippen molar-refractivity contribution in [1.82, 2.24) is 4.57 Å². The number of rotatable bonds is 7. The molecule has 0 spiro atoms. The minimum atomic E-state index is -2.15. The van der Waals surface area contributed by atoms with E-state index in [0.29, 0.717) is 17.2 Å². The summed E-state index contributed by atoms with van der Waals surface area (Å²) < 4.78 is 7.70. The van der Waals surface area contributed by atoms with Crippen LogP contribution in [0, 0.1) is 23.7 Å². The minimum Gasteiger partial charge on any atom is -0.414 e. The highest BCUT2D eigenvalue weighted by atomic mass is 28.4. The molecule has 4 bridgehead atoms. The third-order valence-corrected chi connectivity index (χ3v) is 14.6. The first kappa shape index (κ1) is 27.1. The van der Waals surface area contributed by atoms with E-state index in [1.807, 2.05) is 23.1 Å². The summed E-state index contributed by atoms with van der Waals surface area (Å²) in [6, 6.07) is 6.73. The van der Waals surface area contributed by atoms with Gasteiger partial charge in [-0.25, -0.2) is 0 Å². The molecule has 0 aliphatic heterocycles. The molecule has 7 nitrogen and oxygen atoms in total. The fraction of sp³-hybridized carbons (Fsp3) is 0.633. The first-order chi connectivity index (χ1) is 17.8. The lowest BCUT2D eigenvalue weighted by Gasteiger charge is -2.57. The van der Waals surface area contributed by atoms with Crippen LogP contribution in [0.2, 0.25) is 18.1 Å². The van der Waals surface area contributed by atoms with E-state index < -0.39 is 20.3 Å². The Morgan fingerprint density at radius 2 is 1.66 bits per heavy atom. The van der Waals surface area contributed by atoms with Crippen LogP contribution < -0.4 is 16.2 Å². The van der Waals surface area contributed by atoms with Crippen molar-refractivity contribution in [1.29, 1.82) is 0 Å². The van der Waals surface area contributed by atoms with Crippen molar-refractivity contribution < 1.29 is 14.0 Å². The highest BCUT2D eigenvalue weighted by Gasteiger charge is 2.51. The molecule has 1 aromatic heterocycles. The molecule has 4 saturated carbocycles. The summed E-state index contributed by atoms with van der Waals surface area (Å²) in [5.74, 6) is 2.09. The molecule has 1 aromatic carbocycles. The number of aromatic nitrogens is 1. The molecule has 1 heterocycles. The topological polar surface area (TPSA) is 94.6 Å². The average Bonchev–Trinajstić information content (AvgIpc) is 2.81. The van der Waals surface area contributed by atoms with Gasteiger partial charge in [-0.2, -0.15) is 0 Å². The van der Waals surface area contributed by atoms with Gasteiger partial charge in [0, 0.05) is 29.9 Å². The molecular formula is C30H43N3O4Si.